The minimum atomic E-state index is 0.00983. The number of nitrogens with one attached hydrogen (secondary N) is 1. The predicted octanol–water partition coefficient (Wildman–Crippen LogP) is 1.55. The highest BCUT2D eigenvalue weighted by atomic mass is 32.1. The second-order valence-corrected chi connectivity index (χ2v) is 6.96. The summed E-state index contributed by atoms with van der Waals surface area (Å²) in [6, 6.07) is 4.58. The number of urea groups is 1. The lowest BCUT2D eigenvalue weighted by Gasteiger charge is -2.36. The van der Waals surface area contributed by atoms with Gasteiger partial charge in [0.05, 0.1) is 38.5 Å². The molecule has 0 aromatic carbocycles. The first-order valence-electron chi connectivity index (χ1n) is 8.23. The molecule has 0 bridgehead atoms. The number of ether oxygens (including phenoxy) is 2. The van der Waals surface area contributed by atoms with E-state index >= 15 is 0 Å². The third kappa shape index (κ3) is 4.23. The third-order valence-electron chi connectivity index (χ3n) is 4.43. The zero-order valence-corrected chi connectivity index (χ0v) is 14.4. The topological polar surface area (TPSA) is 54.0 Å². The Morgan fingerprint density at radius 1 is 1.35 bits per heavy atom. The second-order valence-electron chi connectivity index (χ2n) is 5.98. The van der Waals surface area contributed by atoms with Crippen LogP contribution in [0.3, 0.4) is 0 Å². The molecule has 1 aromatic heterocycles. The van der Waals surface area contributed by atoms with Gasteiger partial charge < -0.3 is 19.7 Å². The number of carbonyl (C=O) groups excluding carboxylic acids is 1. The average Bonchev–Trinajstić information content (AvgIpc) is 3.10. The number of rotatable bonds is 4. The monoisotopic (exact) mass is 339 g/mol. The molecular formula is C16H25N3O3S. The summed E-state index contributed by atoms with van der Waals surface area (Å²) in [6.45, 7) is 7.89. The number of hydrogen-bond acceptors (Lipinski definition) is 5. The van der Waals surface area contributed by atoms with Crippen molar-refractivity contribution in [3.63, 3.8) is 0 Å². The Hall–Kier alpha value is -1.15. The van der Waals surface area contributed by atoms with Gasteiger partial charge in [-0.2, -0.15) is 0 Å². The van der Waals surface area contributed by atoms with Crippen LogP contribution in [0.5, 0.6) is 0 Å². The van der Waals surface area contributed by atoms with Crippen molar-refractivity contribution in [2.75, 3.05) is 52.6 Å². The molecule has 2 aliphatic heterocycles. The quantitative estimate of drug-likeness (QED) is 0.904. The minimum Gasteiger partial charge on any atom is -0.379 e. The molecule has 0 unspecified atom stereocenters. The molecule has 0 aliphatic carbocycles. The van der Waals surface area contributed by atoms with Crippen molar-refractivity contribution in [1.82, 2.24) is 15.1 Å². The van der Waals surface area contributed by atoms with Crippen molar-refractivity contribution in [2.24, 2.45) is 0 Å². The Kier molecular flexibility index (Phi) is 5.88. The maximum absolute atomic E-state index is 12.5. The van der Waals surface area contributed by atoms with Gasteiger partial charge in [-0.15, -0.1) is 11.3 Å². The first-order chi connectivity index (χ1) is 11.3. The van der Waals surface area contributed by atoms with Crippen molar-refractivity contribution >= 4 is 17.4 Å². The molecule has 2 atom stereocenters. The van der Waals surface area contributed by atoms with Gasteiger partial charge in [-0.05, 0) is 18.4 Å². The van der Waals surface area contributed by atoms with Crippen LogP contribution in [0.1, 0.15) is 17.8 Å². The van der Waals surface area contributed by atoms with Crippen LogP contribution in [0, 0.1) is 0 Å². The largest absolute Gasteiger partial charge is 0.379 e. The summed E-state index contributed by atoms with van der Waals surface area (Å²) in [5, 5.41) is 5.22. The van der Waals surface area contributed by atoms with Crippen LogP contribution in [-0.4, -0.2) is 74.5 Å². The highest BCUT2D eigenvalue weighted by Crippen LogP contribution is 2.25. The molecule has 0 spiro atoms. The molecule has 0 saturated carbocycles. The Labute approximate surface area is 141 Å². The van der Waals surface area contributed by atoms with Gasteiger partial charge >= 0.3 is 6.03 Å². The normalized spacial score (nSPS) is 24.4. The molecular weight excluding hydrogens is 314 g/mol. The fourth-order valence-corrected chi connectivity index (χ4v) is 3.95. The number of hydrogen-bond donors (Lipinski definition) is 1. The lowest BCUT2D eigenvalue weighted by atomic mass is 10.2. The van der Waals surface area contributed by atoms with Gasteiger partial charge in [-0.25, -0.2) is 4.79 Å². The molecule has 2 aliphatic rings. The van der Waals surface area contributed by atoms with Crippen LogP contribution in [0.15, 0.2) is 17.5 Å². The first kappa shape index (κ1) is 16.7. The molecule has 6 nitrogen and oxygen atoms in total. The number of thiophene rings is 1. The van der Waals surface area contributed by atoms with Gasteiger partial charge in [0, 0.05) is 31.1 Å². The molecule has 128 valence electrons. The van der Waals surface area contributed by atoms with Gasteiger partial charge in [0.1, 0.15) is 0 Å². The van der Waals surface area contributed by atoms with Crippen LogP contribution in [-0.2, 0) is 9.47 Å². The second kappa shape index (κ2) is 8.10. The van der Waals surface area contributed by atoms with E-state index in [2.05, 4.69) is 27.7 Å². The van der Waals surface area contributed by atoms with E-state index in [1.54, 1.807) is 11.3 Å². The van der Waals surface area contributed by atoms with Crippen molar-refractivity contribution in [3.05, 3.63) is 22.4 Å². The van der Waals surface area contributed by atoms with E-state index < -0.39 is 0 Å². The maximum Gasteiger partial charge on any atom is 0.317 e. The summed E-state index contributed by atoms with van der Waals surface area (Å²) < 4.78 is 10.9. The Bertz CT molecular complexity index is 491. The SMILES string of the molecule is C[C@@H]1COCCN1C(=O)NC[C@@H](c1cccs1)N1CCOCC1. The third-order valence-corrected chi connectivity index (χ3v) is 5.41. The van der Waals surface area contributed by atoms with Crippen LogP contribution in [0.25, 0.3) is 0 Å². The molecule has 1 N–H and O–H groups in total. The molecule has 2 saturated heterocycles. The Balaban J connectivity index is 1.60. The van der Waals surface area contributed by atoms with Gasteiger partial charge in [0.25, 0.3) is 0 Å². The summed E-state index contributed by atoms with van der Waals surface area (Å²) >= 11 is 1.75. The Morgan fingerprint density at radius 3 is 2.83 bits per heavy atom. The number of morpholine rings is 2. The zero-order valence-electron chi connectivity index (χ0n) is 13.6. The van der Waals surface area contributed by atoms with Gasteiger partial charge in [0.15, 0.2) is 0 Å². The highest BCUT2D eigenvalue weighted by Gasteiger charge is 2.27. The van der Waals surface area contributed by atoms with Gasteiger partial charge in [-0.3, -0.25) is 4.90 Å². The van der Waals surface area contributed by atoms with Crippen LogP contribution < -0.4 is 5.32 Å². The standard InChI is InChI=1S/C16H25N3O3S/c1-13-12-22-9-6-19(13)16(20)17-11-14(15-3-2-10-23-15)18-4-7-21-8-5-18/h2-3,10,13-14H,4-9,11-12H2,1H3,(H,17,20)/t13-,14+/m1/s1. The van der Waals surface area contributed by atoms with E-state index in [0.29, 0.717) is 26.3 Å². The van der Waals surface area contributed by atoms with Crippen molar-refractivity contribution in [1.29, 1.82) is 0 Å². The smallest absolute Gasteiger partial charge is 0.317 e. The molecule has 2 fully saturated rings. The summed E-state index contributed by atoms with van der Waals surface area (Å²) in [7, 11) is 0. The van der Waals surface area contributed by atoms with E-state index in [-0.39, 0.29) is 18.1 Å². The Morgan fingerprint density at radius 2 is 2.13 bits per heavy atom. The zero-order chi connectivity index (χ0) is 16.1. The van der Waals surface area contributed by atoms with E-state index in [9.17, 15) is 4.79 Å². The number of carbonyl (C=O) groups is 1. The van der Waals surface area contributed by atoms with Crippen molar-refractivity contribution in [3.8, 4) is 0 Å². The fraction of sp³-hybridized carbons (Fsp3) is 0.688. The van der Waals surface area contributed by atoms with Crippen LogP contribution in [0.2, 0.25) is 0 Å². The molecule has 7 heteroatoms. The summed E-state index contributed by atoms with van der Waals surface area (Å²) in [6.07, 6.45) is 0. The number of nitrogens with zero attached hydrogens (tertiary/aromatic N) is 2. The van der Waals surface area contributed by atoms with Crippen LogP contribution in [0.4, 0.5) is 4.79 Å². The summed E-state index contributed by atoms with van der Waals surface area (Å²) in [5.41, 5.74) is 0. The average molecular weight is 339 g/mol. The fourth-order valence-electron chi connectivity index (χ4n) is 3.09. The van der Waals surface area contributed by atoms with E-state index in [0.717, 1.165) is 26.3 Å². The van der Waals surface area contributed by atoms with Gasteiger partial charge in [0.2, 0.25) is 0 Å². The molecule has 3 heterocycles. The van der Waals surface area contributed by atoms with Crippen LogP contribution >= 0.6 is 11.3 Å². The van der Waals surface area contributed by atoms with E-state index in [4.69, 9.17) is 9.47 Å². The number of amides is 2. The molecule has 23 heavy (non-hydrogen) atoms. The van der Waals surface area contributed by atoms with Crippen molar-refractivity contribution < 1.29 is 14.3 Å². The summed E-state index contributed by atoms with van der Waals surface area (Å²) in [5.74, 6) is 0. The molecule has 3 rings (SSSR count). The first-order valence-corrected chi connectivity index (χ1v) is 9.11. The minimum absolute atomic E-state index is 0.00983. The predicted molar refractivity (Wildman–Crippen MR) is 89.8 cm³/mol. The molecule has 0 radical (unpaired) electrons. The van der Waals surface area contributed by atoms with Crippen molar-refractivity contribution in [2.45, 2.75) is 19.0 Å². The van der Waals surface area contributed by atoms with E-state index in [1.165, 1.54) is 4.88 Å². The van der Waals surface area contributed by atoms with E-state index in [1.807, 2.05) is 11.8 Å². The lowest BCUT2D eigenvalue weighted by Crippen LogP contribution is -2.52. The molecule has 1 aromatic rings. The summed E-state index contributed by atoms with van der Waals surface area (Å²) in [4.78, 5) is 18.0. The lowest BCUT2D eigenvalue weighted by molar-refractivity contribution is 0.0121. The molecule has 2 amide bonds. The maximum atomic E-state index is 12.5. The highest BCUT2D eigenvalue weighted by molar-refractivity contribution is 7.10. The van der Waals surface area contributed by atoms with Gasteiger partial charge in [-0.1, -0.05) is 6.07 Å².